The molecule has 1 saturated heterocycles. The van der Waals surface area contributed by atoms with Crippen LogP contribution in [0, 0.1) is 5.92 Å². The van der Waals surface area contributed by atoms with E-state index in [1.165, 1.54) is 43.7 Å². The average molecular weight is 245 g/mol. The number of piperazine rings is 1. The Morgan fingerprint density at radius 2 is 1.78 bits per heavy atom. The summed E-state index contributed by atoms with van der Waals surface area (Å²) in [7, 11) is 0. The molecule has 0 bridgehead atoms. The van der Waals surface area contributed by atoms with Crippen LogP contribution in [-0.4, -0.2) is 37.6 Å². The van der Waals surface area contributed by atoms with Gasteiger partial charge in [0, 0.05) is 45.0 Å². The Kier molecular flexibility index (Phi) is 3.52. The molecule has 1 aliphatic carbocycles. The predicted molar refractivity (Wildman–Crippen MR) is 75.7 cm³/mol. The first-order chi connectivity index (χ1) is 8.86. The largest absolute Gasteiger partial charge is 0.369 e. The summed E-state index contributed by atoms with van der Waals surface area (Å²) in [5, 5.41) is 0. The Balaban J connectivity index is 1.60. The highest BCUT2D eigenvalue weighted by atomic mass is 15.3. The van der Waals surface area contributed by atoms with Crippen molar-refractivity contribution >= 4 is 5.69 Å². The monoisotopic (exact) mass is 245 g/mol. The Morgan fingerprint density at radius 3 is 2.44 bits per heavy atom. The number of hydrogen-bond donors (Lipinski definition) is 1. The highest BCUT2D eigenvalue weighted by molar-refractivity contribution is 5.53. The number of rotatable bonds is 4. The number of benzene rings is 1. The zero-order valence-electron chi connectivity index (χ0n) is 11.0. The lowest BCUT2D eigenvalue weighted by Gasteiger charge is -2.37. The second kappa shape index (κ2) is 5.29. The third kappa shape index (κ3) is 2.68. The molecule has 1 aromatic rings. The molecule has 2 fully saturated rings. The van der Waals surface area contributed by atoms with Crippen LogP contribution in [0.1, 0.15) is 18.4 Å². The molecule has 0 atom stereocenters. The van der Waals surface area contributed by atoms with Gasteiger partial charge in [-0.3, -0.25) is 4.90 Å². The van der Waals surface area contributed by atoms with E-state index >= 15 is 0 Å². The highest BCUT2D eigenvalue weighted by Crippen LogP contribution is 2.30. The van der Waals surface area contributed by atoms with E-state index < -0.39 is 0 Å². The van der Waals surface area contributed by atoms with E-state index in [2.05, 4.69) is 34.1 Å². The Morgan fingerprint density at radius 1 is 1.06 bits per heavy atom. The summed E-state index contributed by atoms with van der Waals surface area (Å²) in [6.07, 6.45) is 2.91. The fourth-order valence-electron chi connectivity index (χ4n) is 2.83. The molecule has 1 aliphatic heterocycles. The van der Waals surface area contributed by atoms with Crippen molar-refractivity contribution in [2.75, 3.05) is 37.6 Å². The molecule has 0 unspecified atom stereocenters. The molecule has 2 N–H and O–H groups in total. The quantitative estimate of drug-likeness (QED) is 0.876. The maximum atomic E-state index is 5.82. The van der Waals surface area contributed by atoms with Gasteiger partial charge in [0.05, 0.1) is 0 Å². The molecule has 98 valence electrons. The van der Waals surface area contributed by atoms with Crippen LogP contribution in [0.2, 0.25) is 0 Å². The van der Waals surface area contributed by atoms with Crippen molar-refractivity contribution in [2.24, 2.45) is 11.7 Å². The molecule has 1 saturated carbocycles. The van der Waals surface area contributed by atoms with Gasteiger partial charge in [-0.05, 0) is 30.4 Å². The van der Waals surface area contributed by atoms with Gasteiger partial charge in [-0.15, -0.1) is 0 Å². The number of anilines is 1. The van der Waals surface area contributed by atoms with Crippen molar-refractivity contribution in [2.45, 2.75) is 19.4 Å². The van der Waals surface area contributed by atoms with E-state index in [0.29, 0.717) is 6.54 Å². The van der Waals surface area contributed by atoms with Gasteiger partial charge in [0.2, 0.25) is 0 Å². The minimum atomic E-state index is 0.637. The minimum Gasteiger partial charge on any atom is -0.369 e. The normalized spacial score (nSPS) is 21.3. The summed E-state index contributed by atoms with van der Waals surface area (Å²) >= 11 is 0. The molecule has 0 radical (unpaired) electrons. The summed E-state index contributed by atoms with van der Waals surface area (Å²) in [6, 6.07) is 8.55. The van der Waals surface area contributed by atoms with Crippen LogP contribution in [0.15, 0.2) is 24.3 Å². The topological polar surface area (TPSA) is 32.5 Å². The van der Waals surface area contributed by atoms with Gasteiger partial charge in [0.25, 0.3) is 0 Å². The van der Waals surface area contributed by atoms with Crippen LogP contribution in [0.4, 0.5) is 5.69 Å². The summed E-state index contributed by atoms with van der Waals surface area (Å²) in [5.74, 6) is 1.01. The van der Waals surface area contributed by atoms with Crippen molar-refractivity contribution < 1.29 is 0 Å². The smallest absolute Gasteiger partial charge is 0.0412 e. The predicted octanol–water partition coefficient (Wildman–Crippen LogP) is 1.68. The molecule has 0 aromatic heterocycles. The van der Waals surface area contributed by atoms with Crippen LogP contribution < -0.4 is 10.6 Å². The summed E-state index contributed by atoms with van der Waals surface area (Å²) in [4.78, 5) is 5.12. The molecule has 18 heavy (non-hydrogen) atoms. The molecular formula is C15H23N3. The Labute approximate surface area is 110 Å². The van der Waals surface area contributed by atoms with Crippen molar-refractivity contribution in [3.63, 3.8) is 0 Å². The van der Waals surface area contributed by atoms with Crippen LogP contribution in [0.3, 0.4) is 0 Å². The van der Waals surface area contributed by atoms with Gasteiger partial charge in [0.15, 0.2) is 0 Å². The van der Waals surface area contributed by atoms with Crippen molar-refractivity contribution in [3.8, 4) is 0 Å². The van der Waals surface area contributed by atoms with Gasteiger partial charge >= 0.3 is 0 Å². The van der Waals surface area contributed by atoms with Crippen molar-refractivity contribution in [1.82, 2.24) is 4.90 Å². The number of para-hydroxylation sites is 1. The summed E-state index contributed by atoms with van der Waals surface area (Å²) < 4.78 is 0. The van der Waals surface area contributed by atoms with Gasteiger partial charge in [-0.1, -0.05) is 18.2 Å². The minimum absolute atomic E-state index is 0.637. The lowest BCUT2D eigenvalue weighted by atomic mass is 10.1. The van der Waals surface area contributed by atoms with Crippen LogP contribution in [0.5, 0.6) is 0 Å². The average Bonchev–Trinajstić information content (AvgIpc) is 3.24. The molecule has 1 aromatic carbocycles. The molecule has 0 amide bonds. The Bertz CT molecular complexity index is 392. The molecule has 3 heteroatoms. The van der Waals surface area contributed by atoms with Crippen molar-refractivity contribution in [3.05, 3.63) is 29.8 Å². The fraction of sp³-hybridized carbons (Fsp3) is 0.600. The number of nitrogens with zero attached hydrogens (tertiary/aromatic N) is 2. The second-order valence-corrected chi connectivity index (χ2v) is 5.56. The van der Waals surface area contributed by atoms with Crippen LogP contribution in [-0.2, 0) is 6.54 Å². The number of hydrogen-bond acceptors (Lipinski definition) is 3. The third-order valence-electron chi connectivity index (χ3n) is 4.14. The van der Waals surface area contributed by atoms with Gasteiger partial charge in [-0.2, -0.15) is 0 Å². The van der Waals surface area contributed by atoms with Gasteiger partial charge in [0.1, 0.15) is 0 Å². The van der Waals surface area contributed by atoms with E-state index in [1.54, 1.807) is 0 Å². The maximum absolute atomic E-state index is 5.82. The zero-order valence-corrected chi connectivity index (χ0v) is 11.0. The molecule has 3 nitrogen and oxygen atoms in total. The van der Waals surface area contributed by atoms with E-state index in [1.807, 2.05) is 0 Å². The van der Waals surface area contributed by atoms with Crippen LogP contribution >= 0.6 is 0 Å². The first-order valence-corrected chi connectivity index (χ1v) is 7.12. The SMILES string of the molecule is NCc1ccccc1N1CCN(CC2CC2)CC1. The molecule has 2 aliphatic rings. The van der Waals surface area contributed by atoms with Gasteiger partial charge < -0.3 is 10.6 Å². The van der Waals surface area contributed by atoms with E-state index in [0.717, 1.165) is 19.0 Å². The van der Waals surface area contributed by atoms with E-state index in [-0.39, 0.29) is 0 Å². The lowest BCUT2D eigenvalue weighted by Crippen LogP contribution is -2.47. The maximum Gasteiger partial charge on any atom is 0.0412 e. The summed E-state index contributed by atoms with van der Waals surface area (Å²) in [6.45, 7) is 6.66. The standard InChI is InChI=1S/C15H23N3/c16-11-14-3-1-2-4-15(14)18-9-7-17(8-10-18)12-13-5-6-13/h1-4,13H,5-12,16H2. The van der Waals surface area contributed by atoms with Crippen molar-refractivity contribution in [1.29, 1.82) is 0 Å². The molecule has 1 heterocycles. The molecule has 0 spiro atoms. The fourth-order valence-corrected chi connectivity index (χ4v) is 2.83. The van der Waals surface area contributed by atoms with Crippen LogP contribution in [0.25, 0.3) is 0 Å². The zero-order chi connectivity index (χ0) is 12.4. The first kappa shape index (κ1) is 12.0. The Hall–Kier alpha value is -1.06. The van der Waals surface area contributed by atoms with E-state index in [4.69, 9.17) is 5.73 Å². The summed E-state index contributed by atoms with van der Waals surface area (Å²) in [5.41, 5.74) is 8.43. The van der Waals surface area contributed by atoms with Gasteiger partial charge in [-0.25, -0.2) is 0 Å². The third-order valence-corrected chi connectivity index (χ3v) is 4.14. The van der Waals surface area contributed by atoms with E-state index in [9.17, 15) is 0 Å². The first-order valence-electron chi connectivity index (χ1n) is 7.12. The lowest BCUT2D eigenvalue weighted by molar-refractivity contribution is 0.248. The molecular weight excluding hydrogens is 222 g/mol. The number of nitrogens with two attached hydrogens (primary N) is 1. The highest BCUT2D eigenvalue weighted by Gasteiger charge is 2.26. The second-order valence-electron chi connectivity index (χ2n) is 5.56. The molecule has 3 rings (SSSR count).